The second kappa shape index (κ2) is 5.08. The van der Waals surface area contributed by atoms with Gasteiger partial charge in [-0.25, -0.2) is 4.99 Å². The minimum Gasteiger partial charge on any atom is -0.387 e. The first-order valence-electron chi connectivity index (χ1n) is 5.51. The molecule has 0 atom stereocenters. The van der Waals surface area contributed by atoms with E-state index < -0.39 is 0 Å². The third-order valence-corrected chi connectivity index (χ3v) is 2.38. The Bertz CT molecular complexity index is 393. The highest BCUT2D eigenvalue weighted by atomic mass is 35.5. The summed E-state index contributed by atoms with van der Waals surface area (Å²) in [7, 11) is 0. The summed E-state index contributed by atoms with van der Waals surface area (Å²) >= 11 is 0. The Labute approximate surface area is 110 Å². The molecule has 1 rings (SSSR count). The molecule has 0 fully saturated rings. The van der Waals surface area contributed by atoms with Crippen molar-refractivity contribution < 1.29 is 0 Å². The number of halogens is 1. The van der Waals surface area contributed by atoms with E-state index in [0.29, 0.717) is 11.7 Å². The van der Waals surface area contributed by atoms with Gasteiger partial charge in [-0.3, -0.25) is 5.10 Å². The van der Waals surface area contributed by atoms with Crippen LogP contribution in [0.2, 0.25) is 0 Å². The molecule has 0 saturated carbocycles. The standard InChI is InChI=1S/C12H22N4.ClH/c1-11(2,3)8-7-9(16-15-8)14-10(13)12(4,5)6;/h7H,1-6H3,(H3,13,14,15,16);1H. The quantitative estimate of drug-likeness (QED) is 0.600. The number of aromatic amines is 1. The largest absolute Gasteiger partial charge is 0.387 e. The lowest BCUT2D eigenvalue weighted by atomic mass is 9.92. The van der Waals surface area contributed by atoms with E-state index in [1.807, 2.05) is 26.8 Å². The van der Waals surface area contributed by atoms with Gasteiger partial charge >= 0.3 is 0 Å². The highest BCUT2D eigenvalue weighted by Gasteiger charge is 2.18. The molecule has 0 radical (unpaired) electrons. The van der Waals surface area contributed by atoms with Gasteiger partial charge < -0.3 is 5.73 Å². The fraction of sp³-hybridized carbons (Fsp3) is 0.667. The summed E-state index contributed by atoms with van der Waals surface area (Å²) in [6, 6.07) is 1.94. The summed E-state index contributed by atoms with van der Waals surface area (Å²) < 4.78 is 0. The summed E-state index contributed by atoms with van der Waals surface area (Å²) in [6.45, 7) is 12.5. The van der Waals surface area contributed by atoms with Crippen LogP contribution in [0.15, 0.2) is 11.1 Å². The van der Waals surface area contributed by atoms with Crippen LogP contribution in [0.3, 0.4) is 0 Å². The highest BCUT2D eigenvalue weighted by molar-refractivity contribution is 5.87. The van der Waals surface area contributed by atoms with E-state index in [1.165, 1.54) is 0 Å². The maximum Gasteiger partial charge on any atom is 0.175 e. The molecule has 1 aromatic rings. The number of nitrogens with zero attached hydrogens (tertiary/aromatic N) is 2. The number of aliphatic imine (C=N–C) groups is 1. The van der Waals surface area contributed by atoms with E-state index in [1.54, 1.807) is 0 Å². The molecule has 1 heterocycles. The topological polar surface area (TPSA) is 67.1 Å². The van der Waals surface area contributed by atoms with Gasteiger partial charge in [-0.2, -0.15) is 5.10 Å². The number of H-pyrrole nitrogens is 1. The van der Waals surface area contributed by atoms with Gasteiger partial charge in [0, 0.05) is 22.6 Å². The second-order valence-corrected chi connectivity index (χ2v) is 6.14. The molecule has 0 aromatic carbocycles. The molecule has 0 aliphatic carbocycles. The monoisotopic (exact) mass is 258 g/mol. The fourth-order valence-electron chi connectivity index (χ4n) is 1.04. The van der Waals surface area contributed by atoms with Crippen LogP contribution in [0, 0.1) is 5.41 Å². The smallest absolute Gasteiger partial charge is 0.175 e. The summed E-state index contributed by atoms with van der Waals surface area (Å²) in [5.41, 5.74) is 6.89. The average molecular weight is 259 g/mol. The van der Waals surface area contributed by atoms with Crippen LogP contribution >= 0.6 is 12.4 Å². The van der Waals surface area contributed by atoms with Crippen molar-refractivity contribution >= 4 is 24.1 Å². The minimum absolute atomic E-state index is 0. The molecular formula is C12H23ClN4. The lowest BCUT2D eigenvalue weighted by molar-refractivity contribution is 0.567. The van der Waals surface area contributed by atoms with Crippen LogP contribution in [0.4, 0.5) is 5.82 Å². The molecule has 98 valence electrons. The zero-order valence-corrected chi connectivity index (χ0v) is 12.3. The number of hydrogen-bond acceptors (Lipinski definition) is 2. The van der Waals surface area contributed by atoms with Gasteiger partial charge in [-0.1, -0.05) is 41.5 Å². The fourth-order valence-corrected chi connectivity index (χ4v) is 1.04. The van der Waals surface area contributed by atoms with Gasteiger partial charge in [0.2, 0.25) is 0 Å². The van der Waals surface area contributed by atoms with Crippen LogP contribution < -0.4 is 5.73 Å². The summed E-state index contributed by atoms with van der Waals surface area (Å²) in [4.78, 5) is 4.32. The van der Waals surface area contributed by atoms with Crippen molar-refractivity contribution in [2.45, 2.75) is 47.0 Å². The first-order valence-corrected chi connectivity index (χ1v) is 5.51. The van der Waals surface area contributed by atoms with E-state index >= 15 is 0 Å². The average Bonchev–Trinajstić information content (AvgIpc) is 2.49. The van der Waals surface area contributed by atoms with Crippen molar-refractivity contribution in [3.05, 3.63) is 11.8 Å². The number of amidine groups is 1. The molecule has 4 nitrogen and oxygen atoms in total. The predicted octanol–water partition coefficient (Wildman–Crippen LogP) is 3.16. The minimum atomic E-state index is -0.124. The Kier molecular flexibility index (Phi) is 4.78. The van der Waals surface area contributed by atoms with Crippen LogP contribution in [0.5, 0.6) is 0 Å². The molecule has 0 unspecified atom stereocenters. The van der Waals surface area contributed by atoms with Gasteiger partial charge in [0.15, 0.2) is 5.82 Å². The van der Waals surface area contributed by atoms with Gasteiger partial charge in [0.05, 0.1) is 0 Å². The normalized spacial score (nSPS) is 13.4. The third-order valence-electron chi connectivity index (χ3n) is 2.38. The van der Waals surface area contributed by atoms with Crippen LogP contribution in [-0.4, -0.2) is 16.0 Å². The van der Waals surface area contributed by atoms with Gasteiger partial charge in [-0.05, 0) is 0 Å². The van der Waals surface area contributed by atoms with E-state index in [-0.39, 0.29) is 23.2 Å². The number of rotatable bonds is 1. The molecule has 0 aliphatic heterocycles. The summed E-state index contributed by atoms with van der Waals surface area (Å²) in [6.07, 6.45) is 0. The van der Waals surface area contributed by atoms with E-state index in [9.17, 15) is 0 Å². The van der Waals surface area contributed by atoms with Crippen LogP contribution in [-0.2, 0) is 5.41 Å². The van der Waals surface area contributed by atoms with Crippen molar-refractivity contribution in [3.8, 4) is 0 Å². The van der Waals surface area contributed by atoms with E-state index in [4.69, 9.17) is 5.73 Å². The molecule has 0 bridgehead atoms. The summed E-state index contributed by atoms with van der Waals surface area (Å²) in [5, 5.41) is 7.13. The summed E-state index contributed by atoms with van der Waals surface area (Å²) in [5.74, 6) is 1.25. The lowest BCUT2D eigenvalue weighted by Crippen LogP contribution is -2.28. The number of aromatic nitrogens is 2. The van der Waals surface area contributed by atoms with Crippen molar-refractivity contribution in [1.82, 2.24) is 10.2 Å². The molecule has 0 spiro atoms. The molecule has 5 heteroatoms. The first-order chi connectivity index (χ1) is 7.10. The Morgan fingerprint density at radius 3 is 2.12 bits per heavy atom. The van der Waals surface area contributed by atoms with Crippen LogP contribution in [0.1, 0.15) is 47.2 Å². The molecule has 17 heavy (non-hydrogen) atoms. The first kappa shape index (κ1) is 16.0. The Morgan fingerprint density at radius 2 is 1.76 bits per heavy atom. The Hall–Kier alpha value is -1.03. The number of nitrogens with two attached hydrogens (primary N) is 1. The second-order valence-electron chi connectivity index (χ2n) is 6.14. The van der Waals surface area contributed by atoms with Gasteiger partial charge in [0.1, 0.15) is 5.84 Å². The number of nitrogens with one attached hydrogen (secondary N) is 1. The SMILES string of the molecule is CC(C)(C)C(N)=Nc1cc(C(C)(C)C)[nH]n1.Cl. The lowest BCUT2D eigenvalue weighted by Gasteiger charge is -2.16. The zero-order valence-electron chi connectivity index (χ0n) is 11.5. The Balaban J connectivity index is 0.00000256. The van der Waals surface area contributed by atoms with Gasteiger partial charge in [0.25, 0.3) is 0 Å². The maximum atomic E-state index is 5.90. The zero-order chi connectivity index (χ0) is 12.6. The van der Waals surface area contributed by atoms with E-state index in [0.717, 1.165) is 5.69 Å². The van der Waals surface area contributed by atoms with Crippen molar-refractivity contribution in [1.29, 1.82) is 0 Å². The third kappa shape index (κ3) is 4.38. The maximum absolute atomic E-state index is 5.90. The van der Waals surface area contributed by atoms with Crippen molar-refractivity contribution in [3.63, 3.8) is 0 Å². The molecule has 0 amide bonds. The highest BCUT2D eigenvalue weighted by Crippen LogP contribution is 2.24. The van der Waals surface area contributed by atoms with Crippen molar-refractivity contribution in [2.24, 2.45) is 16.1 Å². The van der Waals surface area contributed by atoms with Gasteiger partial charge in [-0.15, -0.1) is 12.4 Å². The molecule has 3 N–H and O–H groups in total. The van der Waals surface area contributed by atoms with E-state index in [2.05, 4.69) is 36.0 Å². The molecule has 0 aliphatic rings. The molecule has 1 aromatic heterocycles. The van der Waals surface area contributed by atoms with Crippen molar-refractivity contribution in [2.75, 3.05) is 0 Å². The molecule has 0 saturated heterocycles. The van der Waals surface area contributed by atoms with Crippen LogP contribution in [0.25, 0.3) is 0 Å². The predicted molar refractivity (Wildman–Crippen MR) is 75.3 cm³/mol. The Morgan fingerprint density at radius 1 is 1.24 bits per heavy atom. The number of hydrogen-bond donors (Lipinski definition) is 2. The molecular weight excluding hydrogens is 236 g/mol.